The molecule has 1 rings (SSSR count). The highest BCUT2D eigenvalue weighted by molar-refractivity contribution is 9.10. The van der Waals surface area contributed by atoms with Crippen LogP contribution in [0.5, 0.6) is 0 Å². The molecule has 0 aromatic heterocycles. The fourth-order valence-electron chi connectivity index (χ4n) is 3.23. The Hall–Kier alpha value is -0.500. The second-order valence-electron chi connectivity index (χ2n) is 6.97. The third-order valence-electron chi connectivity index (χ3n) is 4.76. The van der Waals surface area contributed by atoms with E-state index < -0.39 is 0 Å². The summed E-state index contributed by atoms with van der Waals surface area (Å²) < 4.78 is 1.24. The van der Waals surface area contributed by atoms with Crippen LogP contribution in [-0.2, 0) is 0 Å². The van der Waals surface area contributed by atoms with Crippen molar-refractivity contribution in [1.82, 2.24) is 0 Å². The maximum Gasteiger partial charge on any atom is 0.0510 e. The Morgan fingerprint density at radius 3 is 1.62 bits per heavy atom. The number of hydrogen-bond acceptors (Lipinski definition) is 1. The lowest BCUT2D eigenvalue weighted by molar-refractivity contribution is 0.574. The minimum atomic E-state index is 1.20. The van der Waals surface area contributed by atoms with Crippen molar-refractivity contribution in [2.24, 2.45) is 0 Å². The van der Waals surface area contributed by atoms with Crippen LogP contribution in [0.3, 0.4) is 0 Å². The second-order valence-corrected chi connectivity index (χ2v) is 7.83. The highest BCUT2D eigenvalue weighted by Gasteiger charge is 2.09. The van der Waals surface area contributed by atoms with Crippen molar-refractivity contribution in [2.45, 2.75) is 90.9 Å². The maximum atomic E-state index is 3.74. The molecule has 24 heavy (non-hydrogen) atoms. The molecule has 0 heterocycles. The zero-order valence-electron chi connectivity index (χ0n) is 16.0. The molecule has 0 saturated carbocycles. The van der Waals surface area contributed by atoms with E-state index in [0.29, 0.717) is 0 Å². The number of rotatable bonds is 15. The molecule has 0 aliphatic carbocycles. The zero-order chi connectivity index (χ0) is 17.5. The summed E-state index contributed by atoms with van der Waals surface area (Å²) in [6.45, 7) is 6.97. The molecule has 0 unspecified atom stereocenters. The van der Waals surface area contributed by atoms with E-state index in [1.165, 1.54) is 100 Å². The molecule has 0 aliphatic rings. The summed E-state index contributed by atoms with van der Waals surface area (Å²) in [5, 5.41) is 0. The van der Waals surface area contributed by atoms with Crippen molar-refractivity contribution in [3.63, 3.8) is 0 Å². The van der Waals surface area contributed by atoms with Crippen molar-refractivity contribution in [3.05, 3.63) is 28.7 Å². The summed E-state index contributed by atoms with van der Waals surface area (Å²) in [4.78, 5) is 2.60. The molecule has 0 radical (unpaired) electrons. The number of unbranched alkanes of at least 4 members (excludes halogenated alkanes) is 10. The van der Waals surface area contributed by atoms with Gasteiger partial charge in [0.25, 0.3) is 0 Å². The van der Waals surface area contributed by atoms with Crippen LogP contribution in [-0.4, -0.2) is 13.1 Å². The Balaban J connectivity index is 2.38. The van der Waals surface area contributed by atoms with Crippen LogP contribution in [0.25, 0.3) is 0 Å². The van der Waals surface area contributed by atoms with Gasteiger partial charge in [0, 0.05) is 17.6 Å². The van der Waals surface area contributed by atoms with Crippen LogP contribution in [0.15, 0.2) is 28.7 Å². The van der Waals surface area contributed by atoms with Gasteiger partial charge < -0.3 is 4.90 Å². The Kier molecular flexibility index (Phi) is 13.3. The third-order valence-corrected chi connectivity index (χ3v) is 5.43. The number of halogens is 1. The fraction of sp³-hybridized carbons (Fsp3) is 0.727. The first-order chi connectivity index (χ1) is 11.8. The molecule has 0 atom stereocenters. The van der Waals surface area contributed by atoms with E-state index in [0.717, 1.165) is 0 Å². The third kappa shape index (κ3) is 9.71. The van der Waals surface area contributed by atoms with Gasteiger partial charge in [-0.3, -0.25) is 0 Å². The Morgan fingerprint density at radius 2 is 1.12 bits per heavy atom. The van der Waals surface area contributed by atoms with Crippen LogP contribution in [0.4, 0.5) is 5.69 Å². The van der Waals surface area contributed by atoms with E-state index in [9.17, 15) is 0 Å². The quantitative estimate of drug-likeness (QED) is 0.272. The second kappa shape index (κ2) is 14.8. The van der Waals surface area contributed by atoms with Crippen molar-refractivity contribution in [1.29, 1.82) is 0 Å². The topological polar surface area (TPSA) is 3.24 Å². The number of para-hydroxylation sites is 1. The first-order valence-electron chi connectivity index (χ1n) is 10.3. The summed E-state index contributed by atoms with van der Waals surface area (Å²) in [5.41, 5.74) is 1.37. The molecule has 0 saturated heterocycles. The normalized spacial score (nSPS) is 11.0. The van der Waals surface area contributed by atoms with Gasteiger partial charge in [0.05, 0.1) is 5.69 Å². The van der Waals surface area contributed by atoms with Crippen molar-refractivity contribution in [2.75, 3.05) is 18.0 Å². The van der Waals surface area contributed by atoms with Gasteiger partial charge in [-0.1, -0.05) is 90.2 Å². The van der Waals surface area contributed by atoms with E-state index >= 15 is 0 Å². The maximum absolute atomic E-state index is 3.74. The summed E-state index contributed by atoms with van der Waals surface area (Å²) in [6, 6.07) is 8.71. The average molecular weight is 396 g/mol. The summed E-state index contributed by atoms with van der Waals surface area (Å²) in [6.07, 6.45) is 16.4. The van der Waals surface area contributed by atoms with Crippen molar-refractivity contribution < 1.29 is 0 Å². The van der Waals surface area contributed by atoms with Gasteiger partial charge in [0.1, 0.15) is 0 Å². The lowest BCUT2D eigenvalue weighted by Crippen LogP contribution is -2.26. The molecule has 0 bridgehead atoms. The molecule has 1 aromatic rings. The molecule has 0 fully saturated rings. The van der Waals surface area contributed by atoms with Crippen LogP contribution in [0.1, 0.15) is 90.9 Å². The van der Waals surface area contributed by atoms with Crippen LogP contribution in [0.2, 0.25) is 0 Å². The van der Waals surface area contributed by atoms with E-state index in [-0.39, 0.29) is 0 Å². The summed E-state index contributed by atoms with van der Waals surface area (Å²) in [5.74, 6) is 0. The molecule has 2 heteroatoms. The minimum Gasteiger partial charge on any atom is -0.371 e. The van der Waals surface area contributed by atoms with Crippen LogP contribution < -0.4 is 4.90 Å². The van der Waals surface area contributed by atoms with Gasteiger partial charge in [-0.25, -0.2) is 0 Å². The molecule has 1 nitrogen and oxygen atoms in total. The highest BCUT2D eigenvalue weighted by Crippen LogP contribution is 2.26. The first-order valence-corrected chi connectivity index (χ1v) is 11.1. The molecule has 0 amide bonds. The Labute approximate surface area is 159 Å². The predicted octanol–water partition coefficient (Wildman–Crippen LogP) is 7.98. The predicted molar refractivity (Wildman–Crippen MR) is 113 cm³/mol. The fourth-order valence-corrected chi connectivity index (χ4v) is 3.76. The molecule has 0 N–H and O–H groups in total. The number of hydrogen-bond donors (Lipinski definition) is 0. The molecule has 0 spiro atoms. The SMILES string of the molecule is CCCCCCCCN(CCCCCCCC)c1ccccc1Br. The van der Waals surface area contributed by atoms with E-state index in [2.05, 4.69) is 58.9 Å². The van der Waals surface area contributed by atoms with E-state index in [1.807, 2.05) is 0 Å². The number of benzene rings is 1. The van der Waals surface area contributed by atoms with Crippen molar-refractivity contribution >= 4 is 21.6 Å². The molecular weight excluding hydrogens is 358 g/mol. The van der Waals surface area contributed by atoms with Gasteiger partial charge in [0.2, 0.25) is 0 Å². The van der Waals surface area contributed by atoms with Gasteiger partial charge in [-0.05, 0) is 40.9 Å². The zero-order valence-corrected chi connectivity index (χ0v) is 17.6. The smallest absolute Gasteiger partial charge is 0.0510 e. The lowest BCUT2D eigenvalue weighted by Gasteiger charge is -2.26. The average Bonchev–Trinajstić information content (AvgIpc) is 2.60. The molecule has 1 aromatic carbocycles. The first kappa shape index (κ1) is 21.5. The van der Waals surface area contributed by atoms with Gasteiger partial charge in [-0.15, -0.1) is 0 Å². The van der Waals surface area contributed by atoms with E-state index in [4.69, 9.17) is 0 Å². The largest absolute Gasteiger partial charge is 0.371 e. The number of nitrogens with zero attached hydrogens (tertiary/aromatic N) is 1. The van der Waals surface area contributed by atoms with Crippen LogP contribution in [0, 0.1) is 0 Å². The van der Waals surface area contributed by atoms with Gasteiger partial charge >= 0.3 is 0 Å². The van der Waals surface area contributed by atoms with Crippen LogP contribution >= 0.6 is 15.9 Å². The molecule has 0 aliphatic heterocycles. The highest BCUT2D eigenvalue weighted by atomic mass is 79.9. The minimum absolute atomic E-state index is 1.20. The summed E-state index contributed by atoms with van der Waals surface area (Å²) >= 11 is 3.74. The lowest BCUT2D eigenvalue weighted by atomic mass is 10.1. The summed E-state index contributed by atoms with van der Waals surface area (Å²) in [7, 11) is 0. The monoisotopic (exact) mass is 395 g/mol. The number of anilines is 1. The van der Waals surface area contributed by atoms with Gasteiger partial charge in [-0.2, -0.15) is 0 Å². The van der Waals surface area contributed by atoms with E-state index in [1.54, 1.807) is 0 Å². The Morgan fingerprint density at radius 1 is 0.667 bits per heavy atom. The van der Waals surface area contributed by atoms with Crippen molar-refractivity contribution in [3.8, 4) is 0 Å². The molecule has 138 valence electrons. The Bertz CT molecular complexity index is 389. The van der Waals surface area contributed by atoms with Gasteiger partial charge in [0.15, 0.2) is 0 Å². The standard InChI is InChI=1S/C22H38BrN/c1-3-5-7-9-11-15-19-24(20-16-12-10-8-6-4-2)22-18-14-13-17-21(22)23/h13-14,17-18H,3-12,15-16,19-20H2,1-2H3. The molecular formula is C22H38BrN.